The van der Waals surface area contributed by atoms with Gasteiger partial charge < -0.3 is 4.74 Å². The highest BCUT2D eigenvalue weighted by atomic mass is 19.1. The van der Waals surface area contributed by atoms with Crippen molar-refractivity contribution in [1.82, 2.24) is 14.8 Å². The van der Waals surface area contributed by atoms with Crippen LogP contribution in [0.5, 0.6) is 5.75 Å². The number of carbonyl (C=O) groups is 1. The second kappa shape index (κ2) is 5.55. The zero-order valence-electron chi connectivity index (χ0n) is 12.2. The summed E-state index contributed by atoms with van der Waals surface area (Å²) in [6.45, 7) is 4.00. The van der Waals surface area contributed by atoms with Crippen molar-refractivity contribution in [2.45, 2.75) is 19.9 Å². The van der Waals surface area contributed by atoms with Gasteiger partial charge >= 0.3 is 5.97 Å². The van der Waals surface area contributed by atoms with E-state index in [0.717, 1.165) is 11.5 Å². The summed E-state index contributed by atoms with van der Waals surface area (Å²) in [7, 11) is 0. The van der Waals surface area contributed by atoms with Crippen molar-refractivity contribution in [1.29, 1.82) is 0 Å². The van der Waals surface area contributed by atoms with E-state index in [2.05, 4.69) is 10.1 Å². The Morgan fingerprint density at radius 1 is 1.27 bits per heavy atom. The summed E-state index contributed by atoms with van der Waals surface area (Å²) >= 11 is 0. The maximum Gasteiger partial charge on any atom is 0.345 e. The zero-order chi connectivity index (χ0) is 15.7. The quantitative estimate of drug-likeness (QED) is 0.549. The number of rotatable bonds is 3. The van der Waals surface area contributed by atoms with Gasteiger partial charge in [-0.15, -0.1) is 0 Å². The lowest BCUT2D eigenvalue weighted by molar-refractivity contribution is 0.0734. The van der Waals surface area contributed by atoms with E-state index in [4.69, 9.17) is 4.74 Å². The molecular formula is C16H14FN3O2. The Morgan fingerprint density at radius 3 is 2.82 bits per heavy atom. The van der Waals surface area contributed by atoms with E-state index in [9.17, 15) is 9.18 Å². The van der Waals surface area contributed by atoms with Gasteiger partial charge in [-0.1, -0.05) is 6.07 Å². The van der Waals surface area contributed by atoms with Crippen LogP contribution in [0.25, 0.3) is 11.0 Å². The molecule has 0 atom stereocenters. The molecule has 0 aliphatic heterocycles. The van der Waals surface area contributed by atoms with Gasteiger partial charge in [0.05, 0.1) is 11.8 Å². The maximum absolute atomic E-state index is 13.1. The normalized spacial score (nSPS) is 11.1. The first-order chi connectivity index (χ1) is 10.5. The largest absolute Gasteiger partial charge is 0.423 e. The summed E-state index contributed by atoms with van der Waals surface area (Å²) in [5, 5.41) is 5.00. The second-order valence-corrected chi connectivity index (χ2v) is 5.17. The van der Waals surface area contributed by atoms with Crippen LogP contribution in [-0.2, 0) is 0 Å². The van der Waals surface area contributed by atoms with Crippen LogP contribution in [0, 0.1) is 5.82 Å². The third kappa shape index (κ3) is 2.67. The highest BCUT2D eigenvalue weighted by molar-refractivity contribution is 5.94. The molecule has 0 fully saturated rings. The smallest absolute Gasteiger partial charge is 0.345 e. The lowest BCUT2D eigenvalue weighted by Gasteiger charge is -2.07. The molecule has 0 aliphatic rings. The molecule has 1 aromatic carbocycles. The number of halogens is 1. The van der Waals surface area contributed by atoms with Gasteiger partial charge in [0, 0.05) is 23.7 Å². The third-order valence-corrected chi connectivity index (χ3v) is 3.16. The van der Waals surface area contributed by atoms with Crippen LogP contribution in [0.1, 0.15) is 30.2 Å². The van der Waals surface area contributed by atoms with E-state index >= 15 is 0 Å². The lowest BCUT2D eigenvalue weighted by Crippen LogP contribution is -2.09. The number of benzene rings is 1. The van der Waals surface area contributed by atoms with Crippen LogP contribution < -0.4 is 4.74 Å². The van der Waals surface area contributed by atoms with Crippen molar-refractivity contribution in [2.24, 2.45) is 0 Å². The van der Waals surface area contributed by atoms with Crippen molar-refractivity contribution in [2.75, 3.05) is 0 Å². The Bertz CT molecular complexity index is 842. The van der Waals surface area contributed by atoms with Crippen LogP contribution in [0.4, 0.5) is 4.39 Å². The molecule has 0 unspecified atom stereocenters. The Hall–Kier alpha value is -2.76. The number of ether oxygens (including phenoxy) is 1. The van der Waals surface area contributed by atoms with Gasteiger partial charge in [0.2, 0.25) is 0 Å². The van der Waals surface area contributed by atoms with E-state index in [0.29, 0.717) is 11.2 Å². The Balaban J connectivity index is 1.88. The Labute approximate surface area is 126 Å². The summed E-state index contributed by atoms with van der Waals surface area (Å²) in [5.41, 5.74) is 0.998. The highest BCUT2D eigenvalue weighted by Crippen LogP contribution is 2.18. The van der Waals surface area contributed by atoms with Crippen LogP contribution in [0.2, 0.25) is 0 Å². The lowest BCUT2D eigenvalue weighted by atomic mass is 10.2. The average Bonchev–Trinajstić information content (AvgIpc) is 2.90. The van der Waals surface area contributed by atoms with Crippen LogP contribution in [0.3, 0.4) is 0 Å². The molecule has 0 spiro atoms. The average molecular weight is 299 g/mol. The summed E-state index contributed by atoms with van der Waals surface area (Å²) in [6, 6.07) is 7.27. The number of aromatic nitrogens is 3. The van der Waals surface area contributed by atoms with Gasteiger partial charge in [0.1, 0.15) is 11.6 Å². The number of nitrogens with zero attached hydrogens (tertiary/aromatic N) is 3. The number of esters is 1. The fourth-order valence-corrected chi connectivity index (χ4v) is 2.13. The van der Waals surface area contributed by atoms with Gasteiger partial charge in [-0.3, -0.25) is 0 Å². The van der Waals surface area contributed by atoms with Gasteiger partial charge in [0.25, 0.3) is 0 Å². The molecule has 0 saturated heterocycles. The fraction of sp³-hybridized carbons (Fsp3) is 0.188. The molecule has 6 heteroatoms. The van der Waals surface area contributed by atoms with Gasteiger partial charge in [0.15, 0.2) is 5.65 Å². The predicted octanol–water partition coefficient (Wildman–Crippen LogP) is 3.37. The molecule has 112 valence electrons. The van der Waals surface area contributed by atoms with E-state index in [-0.39, 0.29) is 11.8 Å². The number of hydrogen-bond acceptors (Lipinski definition) is 4. The van der Waals surface area contributed by atoms with E-state index in [1.54, 1.807) is 16.9 Å². The third-order valence-electron chi connectivity index (χ3n) is 3.16. The number of hydrogen-bond donors (Lipinski definition) is 0. The SMILES string of the molecule is CC(C)n1ncc2cc(C(=O)Oc3cccc(F)c3)cnc21. The first-order valence-electron chi connectivity index (χ1n) is 6.85. The molecule has 22 heavy (non-hydrogen) atoms. The minimum Gasteiger partial charge on any atom is -0.423 e. The van der Waals surface area contributed by atoms with Crippen molar-refractivity contribution in [3.8, 4) is 5.75 Å². The molecule has 5 nitrogen and oxygen atoms in total. The molecule has 3 rings (SSSR count). The number of fused-ring (bicyclic) bond motifs is 1. The summed E-state index contributed by atoms with van der Waals surface area (Å²) < 4.78 is 20.0. The molecule has 0 radical (unpaired) electrons. The molecule has 0 amide bonds. The van der Waals surface area contributed by atoms with Crippen molar-refractivity contribution in [3.63, 3.8) is 0 Å². The van der Waals surface area contributed by atoms with Crippen LogP contribution in [-0.4, -0.2) is 20.7 Å². The maximum atomic E-state index is 13.1. The van der Waals surface area contributed by atoms with E-state index in [1.165, 1.54) is 24.4 Å². The molecular weight excluding hydrogens is 285 g/mol. The minimum atomic E-state index is -0.586. The van der Waals surface area contributed by atoms with E-state index < -0.39 is 11.8 Å². The first-order valence-corrected chi connectivity index (χ1v) is 6.85. The molecule has 0 aliphatic carbocycles. The molecule has 0 saturated carbocycles. The number of carbonyl (C=O) groups excluding carboxylic acids is 1. The predicted molar refractivity (Wildman–Crippen MR) is 79.3 cm³/mol. The van der Waals surface area contributed by atoms with Gasteiger partial charge in [-0.05, 0) is 32.0 Å². The Morgan fingerprint density at radius 2 is 2.09 bits per heavy atom. The number of pyridine rings is 1. The monoisotopic (exact) mass is 299 g/mol. The molecule has 2 aromatic heterocycles. The fourth-order valence-electron chi connectivity index (χ4n) is 2.13. The van der Waals surface area contributed by atoms with Gasteiger partial charge in [-0.25, -0.2) is 18.9 Å². The molecule has 2 heterocycles. The van der Waals surface area contributed by atoms with Gasteiger partial charge in [-0.2, -0.15) is 5.10 Å². The van der Waals surface area contributed by atoms with Crippen molar-refractivity contribution < 1.29 is 13.9 Å². The van der Waals surface area contributed by atoms with Crippen LogP contribution in [0.15, 0.2) is 42.7 Å². The van der Waals surface area contributed by atoms with Crippen LogP contribution >= 0.6 is 0 Å². The summed E-state index contributed by atoms with van der Waals surface area (Å²) in [5.74, 6) is -0.891. The summed E-state index contributed by atoms with van der Waals surface area (Å²) in [4.78, 5) is 16.4. The first kappa shape index (κ1) is 14.2. The topological polar surface area (TPSA) is 57.0 Å². The molecule has 0 bridgehead atoms. The molecule has 0 N–H and O–H groups in total. The minimum absolute atomic E-state index is 0.156. The van der Waals surface area contributed by atoms with E-state index in [1.807, 2.05) is 13.8 Å². The second-order valence-electron chi connectivity index (χ2n) is 5.17. The standard InChI is InChI=1S/C16H14FN3O2/c1-10(2)20-15-11(9-19-20)6-12(8-18-15)16(21)22-14-5-3-4-13(17)7-14/h3-10H,1-2H3. The zero-order valence-corrected chi connectivity index (χ0v) is 12.2. The molecule has 3 aromatic rings. The van der Waals surface area contributed by atoms with Crippen molar-refractivity contribution in [3.05, 3.63) is 54.1 Å². The highest BCUT2D eigenvalue weighted by Gasteiger charge is 2.13. The van der Waals surface area contributed by atoms with Crippen molar-refractivity contribution >= 4 is 17.0 Å². The summed E-state index contributed by atoms with van der Waals surface area (Å²) in [6.07, 6.45) is 3.09. The Kier molecular flexibility index (Phi) is 3.58.